The molecule has 9 N–H and O–H groups in total. The van der Waals surface area contributed by atoms with E-state index in [0.717, 1.165) is 184 Å². The molecule has 2 aromatic rings. The van der Waals surface area contributed by atoms with Crippen LogP contribution >= 0.6 is 0 Å². The Morgan fingerprint density at radius 2 is 0.598 bits per heavy atom. The zero-order chi connectivity index (χ0) is 93.4. The molecule has 0 saturated heterocycles. The Balaban J connectivity index is 0.00000128. The maximum absolute atomic E-state index is 13.7. The van der Waals surface area contributed by atoms with Gasteiger partial charge in [-0.2, -0.15) is 0 Å². The Labute approximate surface area is 759 Å². The molecule has 0 aromatic heterocycles. The summed E-state index contributed by atoms with van der Waals surface area (Å²) in [4.78, 5) is 144. The quantitative estimate of drug-likeness (QED) is 0.0118. The average molecular weight is 1790 g/mol. The van der Waals surface area contributed by atoms with Gasteiger partial charge < -0.3 is 66.3 Å². The number of benzene rings is 2. The van der Waals surface area contributed by atoms with Crippen LogP contribution in [-0.2, 0) is 84.6 Å². The third-order valence-corrected chi connectivity index (χ3v) is 21.5. The summed E-state index contributed by atoms with van der Waals surface area (Å²) in [7, 11) is 0. The molecular formula is C97H164N12O18. The van der Waals surface area contributed by atoms with Crippen molar-refractivity contribution in [3.63, 3.8) is 0 Å². The van der Waals surface area contributed by atoms with Crippen LogP contribution in [0.1, 0.15) is 362 Å². The van der Waals surface area contributed by atoms with E-state index in [4.69, 9.17) is 61.4 Å². The molecule has 0 radical (unpaired) electrons. The molecule has 127 heavy (non-hydrogen) atoms. The van der Waals surface area contributed by atoms with E-state index in [0.29, 0.717) is 121 Å². The highest BCUT2D eigenvalue weighted by Crippen LogP contribution is 2.30. The molecule has 0 bridgehead atoms. The van der Waals surface area contributed by atoms with E-state index in [-0.39, 0.29) is 202 Å². The molecule has 0 saturated carbocycles. The van der Waals surface area contributed by atoms with E-state index in [2.05, 4.69) is 49.8 Å². The molecule has 0 aliphatic rings. The molecule has 0 aliphatic heterocycles. The highest BCUT2D eigenvalue weighted by atomic mass is 16.6. The molecule has 0 spiro atoms. The molecule has 2 aromatic carbocycles. The lowest BCUT2D eigenvalue weighted by molar-refractivity contribution is -0.132. The van der Waals surface area contributed by atoms with Crippen LogP contribution in [0.3, 0.4) is 0 Å². The minimum Gasteiger partial charge on any atom is -0.444 e. The van der Waals surface area contributed by atoms with Gasteiger partial charge in [-0.1, -0.05) is 182 Å². The standard InChI is InChI=1S/C52H87N5O10.C45H77N7O8/c1-6-8-17-22-45(58)30-35-64-40-52(42-66-37-32-49(62)54-33-9-7-2,41-65-36-31-46(59)23-20-21-34-55-50(63)67-51(3,4)5)38-47(60)24-18-15-13-11-10-12-14-16-19-25-48(61)44-28-26-43(27-29-44)39-56-57-53;46-26-12-10-15-40(53)23-30-58-35-45(36-59-31-24-41(54)16-11-13-27-47,37-60-32-25-44(57)50-29-14-28-48)33-42(55)17-8-6-4-2-1-3-5-7-9-18-43(56)39-21-19-38(20-22-39)34-51-52-49/h26-29H,6-25,30-42H2,1-5H3,(H,54,62)(H,55,63);19-22H,1-18,23-37,46-48H2,(H,50,57). The number of nitrogens with zero attached hydrogens (tertiary/aromatic N) is 6. The van der Waals surface area contributed by atoms with Crippen LogP contribution in [0.25, 0.3) is 20.9 Å². The van der Waals surface area contributed by atoms with Gasteiger partial charge in [-0.15, -0.1) is 0 Å². The second kappa shape index (κ2) is 79.2. The third-order valence-electron chi connectivity index (χ3n) is 21.5. The lowest BCUT2D eigenvalue weighted by Crippen LogP contribution is -2.40. The number of azide groups is 2. The maximum atomic E-state index is 13.7. The molecule has 0 fully saturated rings. The van der Waals surface area contributed by atoms with Crippen molar-refractivity contribution < 1.29 is 85.9 Å². The number of ketones is 8. The first-order valence-electron chi connectivity index (χ1n) is 47.8. The van der Waals surface area contributed by atoms with E-state index in [1.165, 1.54) is 0 Å². The molecule has 720 valence electrons. The van der Waals surface area contributed by atoms with Crippen LogP contribution in [0.4, 0.5) is 4.79 Å². The third kappa shape index (κ3) is 69.0. The van der Waals surface area contributed by atoms with Gasteiger partial charge in [0.15, 0.2) is 11.6 Å². The average Bonchev–Trinajstić information content (AvgIpc) is 0.874. The second-order valence-corrected chi connectivity index (χ2v) is 34.8. The maximum Gasteiger partial charge on any atom is 0.407 e. The Morgan fingerprint density at radius 1 is 0.323 bits per heavy atom. The van der Waals surface area contributed by atoms with Crippen molar-refractivity contribution in [3.05, 3.63) is 91.7 Å². The van der Waals surface area contributed by atoms with Gasteiger partial charge in [0.2, 0.25) is 11.8 Å². The number of nitrogens with two attached hydrogens (primary N) is 3. The lowest BCUT2D eigenvalue weighted by atomic mass is 9.83. The molecule has 1 unspecified atom stereocenters. The fraction of sp³-hybridized carbons (Fsp3) is 0.763. The summed E-state index contributed by atoms with van der Waals surface area (Å²) in [6.45, 7) is 15.0. The van der Waals surface area contributed by atoms with Crippen LogP contribution in [0, 0.1) is 10.8 Å². The first-order valence-corrected chi connectivity index (χ1v) is 47.8. The summed E-state index contributed by atoms with van der Waals surface area (Å²) >= 11 is 0. The fourth-order valence-electron chi connectivity index (χ4n) is 14.0. The van der Waals surface area contributed by atoms with Gasteiger partial charge in [-0.05, 0) is 146 Å². The number of carbonyl (C=O) groups excluding carboxylic acids is 11. The summed E-state index contributed by atoms with van der Waals surface area (Å²) in [6, 6.07) is 14.5. The van der Waals surface area contributed by atoms with Crippen LogP contribution in [0.5, 0.6) is 0 Å². The summed E-state index contributed by atoms with van der Waals surface area (Å²) < 4.78 is 41.8. The fourth-order valence-corrected chi connectivity index (χ4v) is 14.0. The topological polar surface area (TPSA) is 464 Å². The largest absolute Gasteiger partial charge is 0.444 e. The van der Waals surface area contributed by atoms with E-state index in [1.807, 2.05) is 24.3 Å². The number of ether oxygens (including phenoxy) is 7. The minimum absolute atomic E-state index is 0.0401. The van der Waals surface area contributed by atoms with Crippen LogP contribution in [0.2, 0.25) is 0 Å². The summed E-state index contributed by atoms with van der Waals surface area (Å²) in [5.41, 5.74) is 34.4. The van der Waals surface area contributed by atoms with Crippen molar-refractivity contribution in [2.75, 3.05) is 119 Å². The van der Waals surface area contributed by atoms with Gasteiger partial charge in [0.25, 0.3) is 0 Å². The van der Waals surface area contributed by atoms with Crippen LogP contribution < -0.4 is 33.2 Å². The Bertz CT molecular complexity index is 3300. The number of nitrogens with one attached hydrogen (secondary N) is 3. The number of hydrogen-bond acceptors (Lipinski definition) is 23. The van der Waals surface area contributed by atoms with Crippen molar-refractivity contribution in [1.29, 1.82) is 0 Å². The lowest BCUT2D eigenvalue weighted by Gasteiger charge is -2.33. The van der Waals surface area contributed by atoms with Gasteiger partial charge in [0, 0.05) is 154 Å². The number of hydrogen-bond donors (Lipinski definition) is 6. The van der Waals surface area contributed by atoms with Crippen LogP contribution in [0.15, 0.2) is 58.8 Å². The SMILES string of the molecule is CCCCCC(=O)CCOCC(COCCC(=O)CCCCNC(=O)OC(C)(C)C)(COCCC(=O)NCCCC)CC(=O)CCCCCCCCCCCC(=O)c1ccc(CN=[N+]=[N-])cc1.[N-]=[N+]=NCc1ccc(C(=O)CCCCCCCCCCCC(=O)CC(COCCC(=O)CCCCN)(COCCC(=O)CCCCN)COCCC(=O)NCCCN)cc1. The summed E-state index contributed by atoms with van der Waals surface area (Å²) in [5, 5.41) is 15.5. The van der Waals surface area contributed by atoms with Gasteiger partial charge in [-0.25, -0.2) is 4.79 Å². The predicted molar refractivity (Wildman–Crippen MR) is 498 cm³/mol. The Kier molecular flexibility index (Phi) is 73.2. The van der Waals surface area contributed by atoms with Gasteiger partial charge in [0.05, 0.1) is 92.4 Å². The Morgan fingerprint density at radius 3 is 0.913 bits per heavy atom. The van der Waals surface area contributed by atoms with Crippen molar-refractivity contribution in [2.45, 2.75) is 349 Å². The first kappa shape index (κ1) is 117. The summed E-state index contributed by atoms with van der Waals surface area (Å²) in [6.07, 6.45) is 32.5. The van der Waals surface area contributed by atoms with Gasteiger partial charge in [-0.3, -0.25) is 47.9 Å². The zero-order valence-electron chi connectivity index (χ0n) is 78.6. The molecule has 0 heterocycles. The molecular weight excluding hydrogens is 1620 g/mol. The number of amides is 3. The second-order valence-electron chi connectivity index (χ2n) is 34.8. The highest BCUT2D eigenvalue weighted by molar-refractivity contribution is 5.96. The molecule has 0 aliphatic carbocycles. The van der Waals surface area contributed by atoms with E-state index in [9.17, 15) is 52.7 Å². The highest BCUT2D eigenvalue weighted by Gasteiger charge is 2.36. The van der Waals surface area contributed by atoms with Crippen molar-refractivity contribution in [3.8, 4) is 0 Å². The monoisotopic (exact) mass is 1790 g/mol. The molecule has 30 heteroatoms. The molecule has 30 nitrogen and oxygen atoms in total. The molecule has 3 amide bonds. The number of Topliss-reactive ketones (excluding diaryl/α,β-unsaturated/α-hetero) is 8. The van der Waals surface area contributed by atoms with Gasteiger partial charge >= 0.3 is 6.09 Å². The molecule has 1 atom stereocenters. The number of rotatable bonds is 87. The number of unbranched alkanes of at least 4 members (excludes halogenated alkanes) is 22. The van der Waals surface area contributed by atoms with Crippen molar-refractivity contribution >= 4 is 64.2 Å². The van der Waals surface area contributed by atoms with Crippen LogP contribution in [-0.4, -0.2) is 188 Å². The summed E-state index contributed by atoms with van der Waals surface area (Å²) in [5.74, 6) is 0.540. The van der Waals surface area contributed by atoms with E-state index >= 15 is 0 Å². The van der Waals surface area contributed by atoms with Crippen molar-refractivity contribution in [1.82, 2.24) is 16.0 Å². The number of carbonyl (C=O) groups is 11. The predicted octanol–water partition coefficient (Wildman–Crippen LogP) is 18.5. The first-order chi connectivity index (χ1) is 61.4. The van der Waals surface area contributed by atoms with E-state index < -0.39 is 22.5 Å². The normalized spacial score (nSPS) is 11.8. The van der Waals surface area contributed by atoms with E-state index in [1.54, 1.807) is 45.0 Å². The van der Waals surface area contributed by atoms with Gasteiger partial charge in [0.1, 0.15) is 40.3 Å². The molecule has 2 rings (SSSR count). The zero-order valence-corrected chi connectivity index (χ0v) is 78.6. The minimum atomic E-state index is -0.874. The van der Waals surface area contributed by atoms with Crippen molar-refractivity contribution in [2.24, 2.45) is 38.3 Å². The Hall–Kier alpha value is -7.73. The smallest absolute Gasteiger partial charge is 0.407 e. The number of alkyl carbamates (subject to hydrolysis) is 1.